The Morgan fingerprint density at radius 3 is 1.41 bits per heavy atom. The molecule has 0 saturated carbocycles. The van der Waals surface area contributed by atoms with Crippen LogP contribution in [0.2, 0.25) is 0 Å². The molecule has 5 aliphatic rings. The highest BCUT2D eigenvalue weighted by molar-refractivity contribution is 7.48. The number of nitrogen functional groups attached to an aromatic ring is 4. The van der Waals surface area contributed by atoms with Gasteiger partial charge in [0, 0.05) is 24.7 Å². The molecule has 0 aliphatic carbocycles. The van der Waals surface area contributed by atoms with Crippen LogP contribution in [0.1, 0.15) is 31.1 Å². The first-order chi connectivity index (χ1) is 49.0. The predicted octanol–water partition coefficient (Wildman–Crippen LogP) is -7.42. The van der Waals surface area contributed by atoms with E-state index in [9.17, 15) is 92.4 Å². The van der Waals surface area contributed by atoms with Gasteiger partial charge in [0.1, 0.15) is 109 Å². The third kappa shape index (κ3) is 15.7. The Hall–Kier alpha value is -7.50. The van der Waals surface area contributed by atoms with Gasteiger partial charge in [-0.3, -0.25) is 83.5 Å². The van der Waals surface area contributed by atoms with Crippen molar-refractivity contribution in [2.24, 2.45) is 0 Å². The number of ether oxygens (including phenoxy) is 5. The van der Waals surface area contributed by atoms with E-state index in [1.54, 1.807) is 0 Å². The number of anilines is 4. The predicted molar refractivity (Wildman–Crippen MR) is 336 cm³/mol. The van der Waals surface area contributed by atoms with Crippen LogP contribution in [0.4, 0.5) is 23.4 Å². The van der Waals surface area contributed by atoms with Crippen molar-refractivity contribution in [3.8, 4) is 0 Å². The summed E-state index contributed by atoms with van der Waals surface area (Å²) in [5.41, 5.74) is 17.4. The Balaban J connectivity index is 0.771. The number of phosphoric acid groups is 4. The van der Waals surface area contributed by atoms with Crippen molar-refractivity contribution >= 4 is 77.0 Å². The summed E-state index contributed by atoms with van der Waals surface area (Å²) in [6.07, 6.45) is -30.4. The summed E-state index contributed by atoms with van der Waals surface area (Å²) in [6, 6.07) is 1.64. The summed E-state index contributed by atoms with van der Waals surface area (Å²) in [7, 11) is -20.0. The standard InChI is InChI=1S/C49H65N19O32P4/c1-63(2)27-33(97-101(80,81)88-10-18-28(71)29(72)42(93-18)67-15-56-25-37(52)54-14-55-38(25)67)19(94-41(27)68-16-57-26-39(68)61-46(53)62-40(26)76)11-89-103(84,85)99-35-20(95-44(31(35)74)65-7-4-23(51)59-48(65)78)13-91-104(86,87)100-36-21(96-45(32(36)75)66-8-5-24(70)60-49(66)79)12-90-102(82,83)98-34-17(9-69)92-43(30(34)73)64-6-3-22(50)58-47(64)77/h3-8,14-21,27-36,41-45,69,71-75H,9-13H2,1-2H3,(H,80,81)(H,82,83)(H,84,85)(H,86,87)(H2,50,58,77)(H2,51,59,78)(H2,52,54,55)(H,60,70,79)(H3,53,61,62,76)/t17-,18-,19-,20-,21-,27-,28-,29-,30-,31-,32-,33-,34-,35-,36-,41-,42-,43-,44-,45-/m1/s1. The number of aliphatic hydroxyl groups is 6. The summed E-state index contributed by atoms with van der Waals surface area (Å²) in [4.78, 5) is 142. The van der Waals surface area contributed by atoms with E-state index >= 15 is 0 Å². The smallest absolute Gasteiger partial charge is 0.394 e. The molecule has 0 aromatic carbocycles. The zero-order valence-corrected chi connectivity index (χ0v) is 56.7. The molecule has 568 valence electrons. The number of aromatic nitrogens is 14. The maximum absolute atomic E-state index is 14.4. The molecule has 5 aliphatic heterocycles. The van der Waals surface area contributed by atoms with Crippen LogP contribution in [-0.4, -0.2) is 261 Å². The van der Waals surface area contributed by atoms with Gasteiger partial charge in [-0.1, -0.05) is 0 Å². The molecule has 5 fully saturated rings. The Bertz CT molecular complexity index is 4850. The largest absolute Gasteiger partial charge is 0.472 e. The monoisotopic (exact) mass is 1560 g/mol. The molecule has 4 unspecified atom stereocenters. The topological polar surface area (TPSA) is 730 Å². The molecule has 55 heteroatoms. The first kappa shape index (κ1) is 76.2. The number of hydrogen-bond acceptors (Lipinski definition) is 40. The van der Waals surface area contributed by atoms with Crippen molar-refractivity contribution in [2.75, 3.05) is 70.1 Å². The lowest BCUT2D eigenvalue weighted by atomic mass is 10.1. The van der Waals surface area contributed by atoms with Crippen molar-refractivity contribution in [1.29, 1.82) is 0 Å². The van der Waals surface area contributed by atoms with Gasteiger partial charge in [0.15, 0.2) is 53.8 Å². The van der Waals surface area contributed by atoms with Gasteiger partial charge < -0.3 is 96.8 Å². The number of nitrogens with one attached hydrogen (secondary N) is 2. The zero-order chi connectivity index (χ0) is 75.0. The Kier molecular flexibility index (Phi) is 21.7. The summed E-state index contributed by atoms with van der Waals surface area (Å²) in [5.74, 6) is -0.993. The van der Waals surface area contributed by atoms with Crippen LogP contribution in [0.3, 0.4) is 0 Å². The van der Waals surface area contributed by atoms with E-state index < -0.39 is 221 Å². The molecule has 0 amide bonds. The number of imidazole rings is 2. The van der Waals surface area contributed by atoms with E-state index in [1.807, 2.05) is 4.98 Å². The first-order valence-corrected chi connectivity index (χ1v) is 36.2. The lowest BCUT2D eigenvalue weighted by Gasteiger charge is -2.31. The number of nitrogens with zero attached hydrogens (tertiary/aromatic N) is 13. The maximum Gasteiger partial charge on any atom is 0.472 e. The number of likely N-dealkylation sites (N-methyl/N-ethyl adjacent to an activating group) is 1. The van der Waals surface area contributed by atoms with E-state index in [2.05, 4.69) is 39.9 Å². The molecular weight excluding hydrogens is 1490 g/mol. The maximum atomic E-state index is 14.4. The fourth-order valence-corrected chi connectivity index (χ4v) is 15.8. The number of fused-ring (bicyclic) bond motifs is 2. The molecule has 51 nitrogen and oxygen atoms in total. The fourth-order valence-electron chi connectivity index (χ4n) is 12.0. The van der Waals surface area contributed by atoms with E-state index in [4.69, 9.17) is 82.8 Å². The molecule has 0 bridgehead atoms. The van der Waals surface area contributed by atoms with E-state index in [0.717, 1.165) is 58.6 Å². The lowest BCUT2D eigenvalue weighted by molar-refractivity contribution is -0.0656. The van der Waals surface area contributed by atoms with Gasteiger partial charge in [0.25, 0.3) is 11.1 Å². The molecular formula is C49H65N19O32P4. The van der Waals surface area contributed by atoms with E-state index in [-0.39, 0.29) is 39.8 Å². The number of nitrogens with two attached hydrogens (primary N) is 4. The van der Waals surface area contributed by atoms with Crippen LogP contribution in [0, 0.1) is 0 Å². The number of aliphatic hydroxyl groups excluding tert-OH is 6. The second-order valence-electron chi connectivity index (χ2n) is 23.7. The lowest BCUT2D eigenvalue weighted by Crippen LogP contribution is -2.45. The Morgan fingerprint density at radius 2 is 0.913 bits per heavy atom. The van der Waals surface area contributed by atoms with Crippen LogP contribution in [0.15, 0.2) is 79.7 Å². The highest BCUT2D eigenvalue weighted by atomic mass is 31.2. The molecule has 7 aromatic rings. The Labute approximate surface area is 576 Å². The third-order valence-electron chi connectivity index (χ3n) is 16.7. The summed E-state index contributed by atoms with van der Waals surface area (Å²) >= 11 is 0. The normalized spacial score (nSPS) is 32.5. The van der Waals surface area contributed by atoms with Gasteiger partial charge in [0.05, 0.1) is 51.7 Å². The minimum atomic E-state index is -5.88. The highest BCUT2D eigenvalue weighted by Crippen LogP contribution is 2.55. The SMILES string of the molecule is CN(C)[C@@H]1[C@H](OP(=O)(O)OC[C@H]2O[C@@H](n3cnc4c(N)ncnc43)[C@H](O)[C@@H]2O)[C@@H](COP(=O)(O)O[C@H]2[C@@H](O)[C@H](n3ccc(N)nc3=O)O[C@@H]2COP(=O)(O)O[C@H]2[C@@H](O)[C@H](n3ccc(=O)[nH]c3=O)O[C@@H]2COP(=O)(O)O[C@H]2[C@@H](O)[C@H](n3ccc(N)nc3=O)O[C@@H]2CO)O[C@H]1n1cnc2c(=O)[nH]c(N)nc21. The van der Waals surface area contributed by atoms with Gasteiger partial charge in [-0.15, -0.1) is 0 Å². The zero-order valence-electron chi connectivity index (χ0n) is 53.1. The van der Waals surface area contributed by atoms with Crippen molar-refractivity contribution < 1.29 is 128 Å². The van der Waals surface area contributed by atoms with E-state index in [0.29, 0.717) is 9.13 Å². The van der Waals surface area contributed by atoms with Crippen LogP contribution in [-0.2, 0) is 78.1 Å². The molecule has 0 radical (unpaired) electrons. The van der Waals surface area contributed by atoms with Gasteiger partial charge in [-0.25, -0.2) is 52.6 Å². The molecule has 104 heavy (non-hydrogen) atoms. The third-order valence-corrected chi connectivity index (χ3v) is 20.7. The quantitative estimate of drug-likeness (QED) is 0.0213. The summed E-state index contributed by atoms with van der Waals surface area (Å²) in [6.45, 7) is -5.88. The average molecular weight is 1560 g/mol. The molecule has 12 rings (SSSR count). The molecule has 24 atom stereocenters. The van der Waals surface area contributed by atoms with Crippen molar-refractivity contribution in [3.05, 3.63) is 108 Å². The second-order valence-corrected chi connectivity index (χ2v) is 29.3. The molecule has 5 saturated heterocycles. The van der Waals surface area contributed by atoms with Crippen molar-refractivity contribution in [3.63, 3.8) is 0 Å². The van der Waals surface area contributed by atoms with Gasteiger partial charge >= 0.3 is 48.4 Å². The first-order valence-electron chi connectivity index (χ1n) is 30.3. The minimum Gasteiger partial charge on any atom is -0.394 e. The molecule has 0 spiro atoms. The molecule has 12 heterocycles. The summed E-state index contributed by atoms with van der Waals surface area (Å²) < 4.78 is 133. The molecule has 7 aromatic heterocycles. The Morgan fingerprint density at radius 1 is 0.490 bits per heavy atom. The van der Waals surface area contributed by atoms with Gasteiger partial charge in [-0.05, 0) is 26.2 Å². The average Bonchev–Trinajstić information content (AvgIpc) is 1.62. The highest BCUT2D eigenvalue weighted by Gasteiger charge is 2.57. The van der Waals surface area contributed by atoms with Crippen molar-refractivity contribution in [1.82, 2.24) is 72.6 Å². The number of H-pyrrole nitrogens is 2. The number of hydrogen-bond donors (Lipinski definition) is 16. The minimum absolute atomic E-state index is 0.0291. The van der Waals surface area contributed by atoms with Crippen LogP contribution < -0.4 is 51.1 Å². The van der Waals surface area contributed by atoms with Crippen LogP contribution in [0.25, 0.3) is 22.3 Å². The van der Waals surface area contributed by atoms with Crippen LogP contribution in [0.5, 0.6) is 0 Å². The fraction of sp³-hybridized carbons (Fsp3) is 0.551. The number of rotatable bonds is 27. The summed E-state index contributed by atoms with van der Waals surface area (Å²) in [5, 5.41) is 66.8. The number of aromatic amines is 2. The van der Waals surface area contributed by atoms with E-state index in [1.165, 1.54) is 29.9 Å². The van der Waals surface area contributed by atoms with Gasteiger partial charge in [0.2, 0.25) is 5.95 Å². The second kappa shape index (κ2) is 29.7. The van der Waals surface area contributed by atoms with Gasteiger partial charge in [-0.2, -0.15) is 15.0 Å². The van der Waals surface area contributed by atoms with Crippen LogP contribution >= 0.6 is 31.3 Å². The molecule has 20 N–H and O–H groups in total. The van der Waals surface area contributed by atoms with Crippen molar-refractivity contribution in [2.45, 2.75) is 123 Å². The number of phosphoric ester groups is 4.